The summed E-state index contributed by atoms with van der Waals surface area (Å²) in [5, 5.41) is 3.70. The summed E-state index contributed by atoms with van der Waals surface area (Å²) in [7, 11) is 0. The van der Waals surface area contributed by atoms with E-state index < -0.39 is 0 Å². The van der Waals surface area contributed by atoms with Crippen molar-refractivity contribution in [2.24, 2.45) is 11.8 Å². The van der Waals surface area contributed by atoms with Crippen LogP contribution < -0.4 is 5.32 Å². The van der Waals surface area contributed by atoms with Gasteiger partial charge in [0.25, 0.3) is 0 Å². The van der Waals surface area contributed by atoms with Crippen molar-refractivity contribution in [3.05, 3.63) is 30.1 Å². The summed E-state index contributed by atoms with van der Waals surface area (Å²) in [6.07, 6.45) is 9.58. The van der Waals surface area contributed by atoms with Gasteiger partial charge in [0.05, 0.1) is 0 Å². The summed E-state index contributed by atoms with van der Waals surface area (Å²) in [6, 6.07) is 4.98. The minimum Gasteiger partial charge on any atom is -0.310 e. The summed E-state index contributed by atoms with van der Waals surface area (Å²) in [5.41, 5.74) is 1.35. The van der Waals surface area contributed by atoms with Gasteiger partial charge >= 0.3 is 0 Å². The molecule has 80 valence electrons. The highest BCUT2D eigenvalue weighted by atomic mass is 14.9. The van der Waals surface area contributed by atoms with Gasteiger partial charge in [0.2, 0.25) is 0 Å². The summed E-state index contributed by atoms with van der Waals surface area (Å²) in [4.78, 5) is 4.04. The fourth-order valence-corrected chi connectivity index (χ4v) is 3.24. The Balaban J connectivity index is 1.55. The van der Waals surface area contributed by atoms with Crippen molar-refractivity contribution in [2.75, 3.05) is 0 Å². The standard InChI is InChI=1S/C13H18N2/c1-2-12-7-11(1)8-13(12)15-9-10-3-5-14-6-4-10/h3-6,11-13,15H,1-2,7-9H2. The second-order valence-electron chi connectivity index (χ2n) is 5.02. The number of nitrogens with one attached hydrogen (secondary N) is 1. The Morgan fingerprint density at radius 1 is 1.20 bits per heavy atom. The Hall–Kier alpha value is -0.890. The maximum Gasteiger partial charge on any atom is 0.0271 e. The molecule has 3 atom stereocenters. The van der Waals surface area contributed by atoms with Gasteiger partial charge in [-0.1, -0.05) is 6.42 Å². The first-order chi connectivity index (χ1) is 7.42. The Bertz CT molecular complexity index is 323. The maximum atomic E-state index is 4.04. The Labute approximate surface area is 91.1 Å². The normalized spacial score (nSPS) is 33.5. The highest BCUT2D eigenvalue weighted by Gasteiger charge is 2.38. The first kappa shape index (κ1) is 9.34. The third-order valence-corrected chi connectivity index (χ3v) is 4.06. The van der Waals surface area contributed by atoms with Crippen LogP contribution in [-0.2, 0) is 6.54 Å². The first-order valence-corrected chi connectivity index (χ1v) is 6.04. The lowest BCUT2D eigenvalue weighted by Crippen LogP contribution is -2.33. The van der Waals surface area contributed by atoms with E-state index in [0.717, 1.165) is 24.4 Å². The Morgan fingerprint density at radius 2 is 2.07 bits per heavy atom. The number of nitrogens with zero attached hydrogens (tertiary/aromatic N) is 1. The summed E-state index contributed by atoms with van der Waals surface area (Å²) in [6.45, 7) is 1.01. The minimum absolute atomic E-state index is 0.789. The third kappa shape index (κ3) is 1.91. The molecule has 0 spiro atoms. The SMILES string of the molecule is c1cc(CNC2CC3CCC2C3)ccn1. The van der Waals surface area contributed by atoms with Crippen LogP contribution in [0.2, 0.25) is 0 Å². The van der Waals surface area contributed by atoms with Gasteiger partial charge in [-0.15, -0.1) is 0 Å². The Morgan fingerprint density at radius 3 is 2.73 bits per heavy atom. The van der Waals surface area contributed by atoms with E-state index in [-0.39, 0.29) is 0 Å². The van der Waals surface area contributed by atoms with E-state index in [9.17, 15) is 0 Å². The molecule has 3 rings (SSSR count). The summed E-state index contributed by atoms with van der Waals surface area (Å²) >= 11 is 0. The molecule has 15 heavy (non-hydrogen) atoms. The molecule has 2 fully saturated rings. The van der Waals surface area contributed by atoms with Crippen molar-refractivity contribution < 1.29 is 0 Å². The van der Waals surface area contributed by atoms with Crippen LogP contribution in [0, 0.1) is 11.8 Å². The lowest BCUT2D eigenvalue weighted by Gasteiger charge is -2.22. The summed E-state index contributed by atoms with van der Waals surface area (Å²) < 4.78 is 0. The lowest BCUT2D eigenvalue weighted by molar-refractivity contribution is 0.350. The smallest absolute Gasteiger partial charge is 0.0271 e. The molecule has 0 saturated heterocycles. The largest absolute Gasteiger partial charge is 0.310 e. The van der Waals surface area contributed by atoms with Crippen molar-refractivity contribution in [3.63, 3.8) is 0 Å². The zero-order valence-corrected chi connectivity index (χ0v) is 9.02. The van der Waals surface area contributed by atoms with Crippen LogP contribution in [0.4, 0.5) is 0 Å². The van der Waals surface area contributed by atoms with E-state index in [2.05, 4.69) is 22.4 Å². The fourth-order valence-electron chi connectivity index (χ4n) is 3.24. The minimum atomic E-state index is 0.789. The quantitative estimate of drug-likeness (QED) is 0.814. The molecular formula is C13H18N2. The molecular weight excluding hydrogens is 184 g/mol. The molecule has 2 heteroatoms. The molecule has 1 aromatic heterocycles. The molecule has 1 heterocycles. The van der Waals surface area contributed by atoms with Crippen LogP contribution in [0.15, 0.2) is 24.5 Å². The average Bonchev–Trinajstić information content (AvgIpc) is 2.89. The molecule has 0 radical (unpaired) electrons. The van der Waals surface area contributed by atoms with Gasteiger partial charge in [-0.05, 0) is 48.8 Å². The third-order valence-electron chi connectivity index (χ3n) is 4.06. The average molecular weight is 202 g/mol. The van der Waals surface area contributed by atoms with Crippen LogP contribution in [0.1, 0.15) is 31.2 Å². The maximum absolute atomic E-state index is 4.04. The van der Waals surface area contributed by atoms with Gasteiger partial charge in [-0.2, -0.15) is 0 Å². The van der Waals surface area contributed by atoms with Crippen LogP contribution in [-0.4, -0.2) is 11.0 Å². The number of rotatable bonds is 3. The lowest BCUT2D eigenvalue weighted by atomic mass is 9.95. The highest BCUT2D eigenvalue weighted by Crippen LogP contribution is 2.44. The van der Waals surface area contributed by atoms with Gasteiger partial charge in [0.15, 0.2) is 0 Å². The molecule has 1 aromatic rings. The first-order valence-electron chi connectivity index (χ1n) is 6.04. The molecule has 2 aliphatic rings. The van der Waals surface area contributed by atoms with E-state index in [4.69, 9.17) is 0 Å². The number of aromatic nitrogens is 1. The van der Waals surface area contributed by atoms with E-state index in [1.807, 2.05) is 12.4 Å². The van der Waals surface area contributed by atoms with Crippen LogP contribution in [0.3, 0.4) is 0 Å². The molecule has 0 amide bonds. The number of hydrogen-bond acceptors (Lipinski definition) is 2. The van der Waals surface area contributed by atoms with Gasteiger partial charge in [0, 0.05) is 25.0 Å². The number of hydrogen-bond donors (Lipinski definition) is 1. The van der Waals surface area contributed by atoms with E-state index >= 15 is 0 Å². The van der Waals surface area contributed by atoms with Gasteiger partial charge in [-0.25, -0.2) is 0 Å². The van der Waals surface area contributed by atoms with Crippen LogP contribution >= 0.6 is 0 Å². The van der Waals surface area contributed by atoms with Gasteiger partial charge in [-0.3, -0.25) is 4.98 Å². The van der Waals surface area contributed by atoms with Crippen molar-refractivity contribution in [3.8, 4) is 0 Å². The molecule has 1 N–H and O–H groups in total. The molecule has 0 aromatic carbocycles. The van der Waals surface area contributed by atoms with Crippen molar-refractivity contribution in [1.29, 1.82) is 0 Å². The molecule has 0 aliphatic heterocycles. The van der Waals surface area contributed by atoms with Crippen molar-refractivity contribution in [1.82, 2.24) is 10.3 Å². The fraction of sp³-hybridized carbons (Fsp3) is 0.615. The zero-order valence-electron chi connectivity index (χ0n) is 9.02. The van der Waals surface area contributed by atoms with Crippen molar-refractivity contribution >= 4 is 0 Å². The van der Waals surface area contributed by atoms with Crippen molar-refractivity contribution in [2.45, 2.75) is 38.3 Å². The van der Waals surface area contributed by atoms with Gasteiger partial charge in [0.1, 0.15) is 0 Å². The highest BCUT2D eigenvalue weighted by molar-refractivity contribution is 5.09. The zero-order chi connectivity index (χ0) is 10.1. The van der Waals surface area contributed by atoms with E-state index in [0.29, 0.717) is 0 Å². The number of pyridine rings is 1. The predicted octanol–water partition coefficient (Wildman–Crippen LogP) is 2.36. The molecule has 2 nitrogen and oxygen atoms in total. The van der Waals surface area contributed by atoms with E-state index in [1.54, 1.807) is 0 Å². The summed E-state index contributed by atoms with van der Waals surface area (Å²) in [5.74, 6) is 2.00. The van der Waals surface area contributed by atoms with Crippen LogP contribution in [0.5, 0.6) is 0 Å². The molecule has 2 bridgehead atoms. The topological polar surface area (TPSA) is 24.9 Å². The van der Waals surface area contributed by atoms with Gasteiger partial charge < -0.3 is 5.32 Å². The molecule has 2 aliphatic carbocycles. The second kappa shape index (κ2) is 3.93. The monoisotopic (exact) mass is 202 g/mol. The second-order valence-corrected chi connectivity index (χ2v) is 5.02. The Kier molecular flexibility index (Phi) is 2.45. The number of fused-ring (bicyclic) bond motifs is 2. The molecule has 3 unspecified atom stereocenters. The molecule has 2 saturated carbocycles. The predicted molar refractivity (Wildman–Crippen MR) is 60.3 cm³/mol. The van der Waals surface area contributed by atoms with Crippen LogP contribution in [0.25, 0.3) is 0 Å². The van der Waals surface area contributed by atoms with E-state index in [1.165, 1.54) is 31.2 Å².